The first-order chi connectivity index (χ1) is 8.11. The van der Waals surface area contributed by atoms with Crippen LogP contribution in [0.15, 0.2) is 28.3 Å². The van der Waals surface area contributed by atoms with Gasteiger partial charge in [-0.05, 0) is 52.0 Å². The van der Waals surface area contributed by atoms with E-state index in [9.17, 15) is 9.50 Å². The minimum Gasteiger partial charge on any atom is -0.379 e. The Kier molecular flexibility index (Phi) is 2.57. The Hall–Kier alpha value is -0.780. The third-order valence-electron chi connectivity index (χ3n) is 3.17. The molecule has 0 radical (unpaired) electrons. The number of aromatic nitrogens is 1. The molecule has 1 aliphatic rings. The topological polar surface area (TPSA) is 33.1 Å². The van der Waals surface area contributed by atoms with Gasteiger partial charge in [-0.2, -0.15) is 0 Å². The van der Waals surface area contributed by atoms with Crippen molar-refractivity contribution in [1.82, 2.24) is 4.98 Å². The smallest absolute Gasteiger partial charge is 0.127 e. The lowest BCUT2D eigenvalue weighted by atomic mass is 9.95. The molecule has 2 nitrogen and oxygen atoms in total. The number of benzene rings is 1. The Morgan fingerprint density at radius 3 is 3.00 bits per heavy atom. The van der Waals surface area contributed by atoms with Gasteiger partial charge in [-0.1, -0.05) is 6.07 Å². The Labute approximate surface area is 110 Å². The number of halogens is 2. The summed E-state index contributed by atoms with van der Waals surface area (Å²) in [6, 6.07) is 4.57. The molecule has 88 valence electrons. The SMILES string of the molecule is OC1(c2scnc2Br)CCc2cc(F)ccc21. The molecule has 17 heavy (non-hydrogen) atoms. The van der Waals surface area contributed by atoms with Crippen LogP contribution in [0.3, 0.4) is 0 Å². The molecule has 1 atom stereocenters. The predicted octanol–water partition coefficient (Wildman–Crippen LogP) is 3.23. The third kappa shape index (κ3) is 1.64. The Morgan fingerprint density at radius 1 is 1.47 bits per heavy atom. The first-order valence-corrected chi connectivity index (χ1v) is 6.89. The molecule has 0 aliphatic heterocycles. The van der Waals surface area contributed by atoms with E-state index in [-0.39, 0.29) is 5.82 Å². The predicted molar refractivity (Wildman–Crippen MR) is 67.5 cm³/mol. The van der Waals surface area contributed by atoms with Crippen molar-refractivity contribution in [2.24, 2.45) is 0 Å². The van der Waals surface area contributed by atoms with Gasteiger partial charge in [0.1, 0.15) is 16.0 Å². The van der Waals surface area contributed by atoms with E-state index in [1.165, 1.54) is 23.5 Å². The summed E-state index contributed by atoms with van der Waals surface area (Å²) in [6.45, 7) is 0. The highest BCUT2D eigenvalue weighted by Gasteiger charge is 2.41. The van der Waals surface area contributed by atoms with Gasteiger partial charge in [0.2, 0.25) is 0 Å². The molecule has 3 rings (SSSR count). The summed E-state index contributed by atoms with van der Waals surface area (Å²) in [6.07, 6.45) is 1.26. The van der Waals surface area contributed by atoms with Crippen LogP contribution in [-0.2, 0) is 12.0 Å². The van der Waals surface area contributed by atoms with Crippen molar-refractivity contribution in [3.05, 3.63) is 50.1 Å². The number of hydrogen-bond acceptors (Lipinski definition) is 3. The summed E-state index contributed by atoms with van der Waals surface area (Å²) < 4.78 is 13.8. The first kappa shape index (κ1) is 11.3. The molecule has 0 amide bonds. The van der Waals surface area contributed by atoms with Crippen molar-refractivity contribution >= 4 is 27.3 Å². The summed E-state index contributed by atoms with van der Waals surface area (Å²) in [4.78, 5) is 4.89. The normalized spacial score (nSPS) is 22.8. The van der Waals surface area contributed by atoms with Crippen molar-refractivity contribution < 1.29 is 9.50 Å². The number of aliphatic hydroxyl groups is 1. The Morgan fingerprint density at radius 2 is 2.29 bits per heavy atom. The van der Waals surface area contributed by atoms with Gasteiger partial charge in [0.05, 0.1) is 10.4 Å². The molecule has 1 N–H and O–H groups in total. The molecule has 0 saturated carbocycles. The summed E-state index contributed by atoms with van der Waals surface area (Å²) in [5.41, 5.74) is 2.35. The third-order valence-corrected chi connectivity index (χ3v) is 5.01. The Bertz CT molecular complexity index is 586. The average molecular weight is 314 g/mol. The molecule has 1 aliphatic carbocycles. The zero-order valence-electron chi connectivity index (χ0n) is 8.78. The van der Waals surface area contributed by atoms with Gasteiger partial charge in [0.15, 0.2) is 0 Å². The first-order valence-electron chi connectivity index (χ1n) is 5.22. The summed E-state index contributed by atoms with van der Waals surface area (Å²) in [5, 5.41) is 10.8. The minimum atomic E-state index is -1.02. The number of nitrogens with zero attached hydrogens (tertiary/aromatic N) is 1. The lowest BCUT2D eigenvalue weighted by Crippen LogP contribution is -2.23. The molecule has 0 bridgehead atoms. The van der Waals surface area contributed by atoms with Crippen molar-refractivity contribution in [2.45, 2.75) is 18.4 Å². The Balaban J connectivity index is 2.17. The van der Waals surface area contributed by atoms with Gasteiger partial charge in [0, 0.05) is 0 Å². The lowest BCUT2D eigenvalue weighted by molar-refractivity contribution is 0.0858. The van der Waals surface area contributed by atoms with Crippen LogP contribution in [0.25, 0.3) is 0 Å². The van der Waals surface area contributed by atoms with E-state index in [0.29, 0.717) is 17.4 Å². The van der Waals surface area contributed by atoms with Gasteiger partial charge < -0.3 is 5.11 Å². The van der Waals surface area contributed by atoms with Crippen LogP contribution < -0.4 is 0 Å². The summed E-state index contributed by atoms with van der Waals surface area (Å²) >= 11 is 4.75. The molecule has 2 aromatic rings. The highest BCUT2D eigenvalue weighted by molar-refractivity contribution is 9.10. The van der Waals surface area contributed by atoms with E-state index in [1.807, 2.05) is 0 Å². The molecule has 1 aromatic carbocycles. The second-order valence-electron chi connectivity index (χ2n) is 4.13. The van der Waals surface area contributed by atoms with Gasteiger partial charge in [0.25, 0.3) is 0 Å². The maximum Gasteiger partial charge on any atom is 0.127 e. The van der Waals surface area contributed by atoms with Gasteiger partial charge >= 0.3 is 0 Å². The maximum atomic E-state index is 13.1. The van der Waals surface area contributed by atoms with Crippen LogP contribution in [0.2, 0.25) is 0 Å². The molecular weight excluding hydrogens is 305 g/mol. The van der Waals surface area contributed by atoms with Crippen LogP contribution >= 0.6 is 27.3 Å². The molecule has 1 unspecified atom stereocenters. The van der Waals surface area contributed by atoms with Gasteiger partial charge in [-0.3, -0.25) is 0 Å². The molecule has 0 fully saturated rings. The quantitative estimate of drug-likeness (QED) is 0.877. The van der Waals surface area contributed by atoms with Crippen molar-refractivity contribution in [2.75, 3.05) is 0 Å². The van der Waals surface area contributed by atoms with Crippen molar-refractivity contribution in [1.29, 1.82) is 0 Å². The lowest BCUT2D eigenvalue weighted by Gasteiger charge is -2.22. The molecule has 1 aromatic heterocycles. The molecular formula is C12H9BrFNOS. The summed E-state index contributed by atoms with van der Waals surface area (Å²) in [7, 11) is 0. The van der Waals surface area contributed by atoms with E-state index in [1.54, 1.807) is 11.6 Å². The number of fused-ring (bicyclic) bond motifs is 1. The van der Waals surface area contributed by atoms with E-state index < -0.39 is 5.60 Å². The highest BCUT2D eigenvalue weighted by Crippen LogP contribution is 2.45. The van der Waals surface area contributed by atoms with Crippen LogP contribution in [-0.4, -0.2) is 10.1 Å². The zero-order chi connectivity index (χ0) is 12.0. The molecule has 0 spiro atoms. The molecule has 5 heteroatoms. The van der Waals surface area contributed by atoms with Crippen LogP contribution in [0, 0.1) is 5.82 Å². The zero-order valence-corrected chi connectivity index (χ0v) is 11.2. The van der Waals surface area contributed by atoms with Crippen LogP contribution in [0.4, 0.5) is 4.39 Å². The van der Waals surface area contributed by atoms with Crippen molar-refractivity contribution in [3.8, 4) is 0 Å². The van der Waals surface area contributed by atoms with E-state index >= 15 is 0 Å². The van der Waals surface area contributed by atoms with Gasteiger partial charge in [-0.15, -0.1) is 11.3 Å². The van der Waals surface area contributed by atoms with E-state index in [0.717, 1.165) is 16.0 Å². The molecule has 0 saturated heterocycles. The van der Waals surface area contributed by atoms with Crippen molar-refractivity contribution in [3.63, 3.8) is 0 Å². The molecule has 1 heterocycles. The largest absolute Gasteiger partial charge is 0.379 e. The standard InChI is InChI=1S/C12H9BrFNOS/c13-11-10(17-6-15-11)12(16)4-3-7-5-8(14)1-2-9(7)12/h1-2,5-6,16H,3-4H2. The van der Waals surface area contributed by atoms with Crippen LogP contribution in [0.1, 0.15) is 22.4 Å². The van der Waals surface area contributed by atoms with E-state index in [2.05, 4.69) is 20.9 Å². The fraction of sp³-hybridized carbons (Fsp3) is 0.250. The highest BCUT2D eigenvalue weighted by atomic mass is 79.9. The van der Waals surface area contributed by atoms with Crippen LogP contribution in [0.5, 0.6) is 0 Å². The average Bonchev–Trinajstić information content (AvgIpc) is 2.85. The fourth-order valence-electron chi connectivity index (χ4n) is 2.36. The second kappa shape index (κ2) is 3.86. The maximum absolute atomic E-state index is 13.1. The monoisotopic (exact) mass is 313 g/mol. The van der Waals surface area contributed by atoms with E-state index in [4.69, 9.17) is 0 Å². The summed E-state index contributed by atoms with van der Waals surface area (Å²) in [5.74, 6) is -0.253. The number of rotatable bonds is 1. The number of thiazole rings is 1. The number of hydrogen-bond donors (Lipinski definition) is 1. The van der Waals surface area contributed by atoms with Gasteiger partial charge in [-0.25, -0.2) is 9.37 Å². The number of aryl methyl sites for hydroxylation is 1. The fourth-order valence-corrected chi connectivity index (χ4v) is 4.03. The second-order valence-corrected chi connectivity index (χ2v) is 5.74. The minimum absolute atomic E-state index is 0.253.